The Morgan fingerprint density at radius 1 is 1.31 bits per heavy atom. The molecule has 0 spiro atoms. The third kappa shape index (κ3) is 4.52. The largest absolute Gasteiger partial charge is 0.360 e. The number of hydrogen-bond acceptors (Lipinski definition) is 7. The molecule has 0 saturated carbocycles. The van der Waals surface area contributed by atoms with E-state index in [2.05, 4.69) is 21.0 Å². The summed E-state index contributed by atoms with van der Waals surface area (Å²) in [5, 5.41) is 10.4. The Bertz CT molecular complexity index is 1000. The molecule has 2 amide bonds. The van der Waals surface area contributed by atoms with E-state index in [1.807, 2.05) is 35.9 Å². The minimum absolute atomic E-state index is 0.128. The lowest BCUT2D eigenvalue weighted by Crippen LogP contribution is -2.25. The number of para-hydroxylation sites is 1. The van der Waals surface area contributed by atoms with Crippen molar-refractivity contribution < 1.29 is 14.1 Å². The van der Waals surface area contributed by atoms with E-state index >= 15 is 0 Å². The molecule has 2 aromatic heterocycles. The molecule has 2 N–H and O–H groups in total. The standard InChI is InChI=1S/C16H17N5O3S2/c1-10-7-13(20-24-10)17-14(22)8-25-9-15(23)18-19-16-21(2)11-5-3-4-6-12(11)26-16/h3-7H,8-9H2,1-2H3,(H,18,23)(H,17,20,22). The second kappa shape index (κ2) is 8.19. The highest BCUT2D eigenvalue weighted by Gasteiger charge is 2.08. The van der Waals surface area contributed by atoms with Crippen LogP contribution in [0.1, 0.15) is 5.76 Å². The number of benzene rings is 1. The molecule has 3 rings (SSSR count). The lowest BCUT2D eigenvalue weighted by atomic mass is 10.3. The van der Waals surface area contributed by atoms with E-state index < -0.39 is 0 Å². The fourth-order valence-electron chi connectivity index (χ4n) is 2.17. The van der Waals surface area contributed by atoms with E-state index in [4.69, 9.17) is 4.52 Å². The Morgan fingerprint density at radius 2 is 2.08 bits per heavy atom. The summed E-state index contributed by atoms with van der Waals surface area (Å²) in [5.41, 5.74) is 3.58. The fraction of sp³-hybridized carbons (Fsp3) is 0.250. The number of hydrogen-bond donors (Lipinski definition) is 2. The molecule has 136 valence electrons. The molecule has 2 heterocycles. The number of fused-ring (bicyclic) bond motifs is 1. The molecular weight excluding hydrogens is 374 g/mol. The number of aromatic nitrogens is 2. The van der Waals surface area contributed by atoms with Gasteiger partial charge >= 0.3 is 0 Å². The topological polar surface area (TPSA) is 102 Å². The van der Waals surface area contributed by atoms with Crippen molar-refractivity contribution in [1.82, 2.24) is 15.1 Å². The lowest BCUT2D eigenvalue weighted by Gasteiger charge is -2.01. The van der Waals surface area contributed by atoms with Crippen molar-refractivity contribution in [3.05, 3.63) is 40.9 Å². The van der Waals surface area contributed by atoms with Gasteiger partial charge in [-0.15, -0.1) is 16.9 Å². The summed E-state index contributed by atoms with van der Waals surface area (Å²) < 4.78 is 7.88. The summed E-state index contributed by atoms with van der Waals surface area (Å²) in [6, 6.07) is 9.55. The predicted molar refractivity (Wildman–Crippen MR) is 102 cm³/mol. The predicted octanol–water partition coefficient (Wildman–Crippen LogP) is 1.84. The number of rotatable bonds is 6. The van der Waals surface area contributed by atoms with Gasteiger partial charge in [-0.25, -0.2) is 5.43 Å². The molecule has 3 aromatic rings. The molecular formula is C16H17N5O3S2. The summed E-state index contributed by atoms with van der Waals surface area (Å²) in [4.78, 5) is 24.4. The minimum Gasteiger partial charge on any atom is -0.360 e. The molecule has 0 saturated heterocycles. The van der Waals surface area contributed by atoms with Gasteiger partial charge in [0.2, 0.25) is 16.6 Å². The van der Waals surface area contributed by atoms with Crippen LogP contribution in [0.25, 0.3) is 10.2 Å². The lowest BCUT2D eigenvalue weighted by molar-refractivity contribution is -0.118. The minimum atomic E-state index is -0.266. The summed E-state index contributed by atoms with van der Waals surface area (Å²) in [7, 11) is 1.90. The van der Waals surface area contributed by atoms with Crippen molar-refractivity contribution in [1.29, 1.82) is 0 Å². The monoisotopic (exact) mass is 391 g/mol. The van der Waals surface area contributed by atoms with Gasteiger partial charge in [-0.3, -0.25) is 9.59 Å². The van der Waals surface area contributed by atoms with E-state index in [9.17, 15) is 9.59 Å². The van der Waals surface area contributed by atoms with Gasteiger partial charge in [0.1, 0.15) is 5.76 Å². The zero-order valence-corrected chi connectivity index (χ0v) is 15.8. The first-order chi connectivity index (χ1) is 12.5. The summed E-state index contributed by atoms with van der Waals surface area (Å²) in [5.74, 6) is 0.731. The van der Waals surface area contributed by atoms with E-state index in [0.717, 1.165) is 10.2 Å². The van der Waals surface area contributed by atoms with E-state index in [-0.39, 0.29) is 23.3 Å². The first-order valence-corrected chi connectivity index (χ1v) is 9.68. The second-order valence-corrected chi connectivity index (χ2v) is 7.42. The number of nitrogens with one attached hydrogen (secondary N) is 2. The molecule has 8 nitrogen and oxygen atoms in total. The maximum atomic E-state index is 11.9. The molecule has 0 aliphatic rings. The van der Waals surface area contributed by atoms with Crippen LogP contribution in [0.3, 0.4) is 0 Å². The van der Waals surface area contributed by atoms with E-state index in [1.54, 1.807) is 13.0 Å². The molecule has 0 unspecified atom stereocenters. The van der Waals surface area contributed by atoms with Crippen LogP contribution < -0.4 is 15.5 Å². The van der Waals surface area contributed by atoms with Crippen LogP contribution in [-0.2, 0) is 16.6 Å². The third-order valence-corrected chi connectivity index (χ3v) is 5.40. The van der Waals surface area contributed by atoms with Crippen LogP contribution in [-0.4, -0.2) is 33.0 Å². The number of amides is 2. The van der Waals surface area contributed by atoms with Gasteiger partial charge in [-0.05, 0) is 19.1 Å². The highest BCUT2D eigenvalue weighted by atomic mass is 32.2. The van der Waals surface area contributed by atoms with Crippen LogP contribution in [0, 0.1) is 6.92 Å². The van der Waals surface area contributed by atoms with Crippen molar-refractivity contribution >= 4 is 50.9 Å². The van der Waals surface area contributed by atoms with Gasteiger partial charge in [0.15, 0.2) is 5.82 Å². The Morgan fingerprint density at radius 3 is 2.81 bits per heavy atom. The average Bonchev–Trinajstić information content (AvgIpc) is 3.16. The van der Waals surface area contributed by atoms with Gasteiger partial charge in [-0.2, -0.15) is 0 Å². The van der Waals surface area contributed by atoms with E-state index in [0.29, 0.717) is 16.4 Å². The smallest absolute Gasteiger partial charge is 0.250 e. The molecule has 0 aliphatic carbocycles. The quantitative estimate of drug-likeness (QED) is 0.625. The Hall–Kier alpha value is -2.59. The van der Waals surface area contributed by atoms with Gasteiger partial charge in [0.05, 0.1) is 21.7 Å². The van der Waals surface area contributed by atoms with Crippen molar-refractivity contribution in [2.75, 3.05) is 16.8 Å². The Labute approximate surface area is 157 Å². The highest BCUT2D eigenvalue weighted by Crippen LogP contribution is 2.15. The van der Waals surface area contributed by atoms with Gasteiger partial charge < -0.3 is 14.4 Å². The second-order valence-electron chi connectivity index (χ2n) is 5.42. The van der Waals surface area contributed by atoms with Crippen molar-refractivity contribution in [3.8, 4) is 0 Å². The van der Waals surface area contributed by atoms with Gasteiger partial charge in [-0.1, -0.05) is 28.6 Å². The Kier molecular flexibility index (Phi) is 5.74. The summed E-state index contributed by atoms with van der Waals surface area (Å²) >= 11 is 2.69. The third-order valence-electron chi connectivity index (χ3n) is 3.35. The van der Waals surface area contributed by atoms with Crippen LogP contribution in [0.5, 0.6) is 0 Å². The number of thioether (sulfide) groups is 1. The number of nitrogens with zero attached hydrogens (tertiary/aromatic N) is 3. The molecule has 0 bridgehead atoms. The molecule has 10 heteroatoms. The molecule has 0 aliphatic heterocycles. The molecule has 26 heavy (non-hydrogen) atoms. The molecule has 1 aromatic carbocycles. The van der Waals surface area contributed by atoms with Crippen LogP contribution in [0.15, 0.2) is 40.0 Å². The SMILES string of the molecule is Cc1cc(NC(=O)CSCC(=O)NN=c2sc3ccccc3n2C)no1. The highest BCUT2D eigenvalue weighted by molar-refractivity contribution is 8.00. The molecule has 0 radical (unpaired) electrons. The Balaban J connectivity index is 1.48. The maximum absolute atomic E-state index is 11.9. The number of aryl methyl sites for hydroxylation is 2. The zero-order valence-electron chi connectivity index (χ0n) is 14.2. The first kappa shape index (κ1) is 18.2. The molecule has 0 fully saturated rings. The number of thiazole rings is 1. The van der Waals surface area contributed by atoms with Crippen molar-refractivity contribution in [3.63, 3.8) is 0 Å². The number of anilines is 1. The normalized spacial score (nSPS) is 11.7. The van der Waals surface area contributed by atoms with Gasteiger partial charge in [0, 0.05) is 13.1 Å². The summed E-state index contributed by atoms with van der Waals surface area (Å²) in [6.45, 7) is 1.74. The van der Waals surface area contributed by atoms with Crippen LogP contribution >= 0.6 is 23.1 Å². The van der Waals surface area contributed by atoms with Crippen molar-refractivity contribution in [2.45, 2.75) is 6.92 Å². The van der Waals surface area contributed by atoms with Crippen molar-refractivity contribution in [2.24, 2.45) is 12.1 Å². The van der Waals surface area contributed by atoms with E-state index in [1.165, 1.54) is 23.1 Å². The molecule has 0 atom stereocenters. The number of carbonyl (C=O) groups excluding carboxylic acids is 2. The van der Waals surface area contributed by atoms with Gasteiger partial charge in [0.25, 0.3) is 0 Å². The van der Waals surface area contributed by atoms with Crippen LogP contribution in [0.2, 0.25) is 0 Å². The fourth-order valence-corrected chi connectivity index (χ4v) is 3.76. The van der Waals surface area contributed by atoms with Crippen LogP contribution in [0.4, 0.5) is 5.82 Å². The average molecular weight is 391 g/mol. The first-order valence-electron chi connectivity index (χ1n) is 7.71. The number of carbonyl (C=O) groups is 2. The maximum Gasteiger partial charge on any atom is 0.250 e. The summed E-state index contributed by atoms with van der Waals surface area (Å²) in [6.07, 6.45) is 0. The zero-order chi connectivity index (χ0) is 18.5.